The summed E-state index contributed by atoms with van der Waals surface area (Å²) >= 11 is 5.83. The molecule has 0 bridgehead atoms. The second kappa shape index (κ2) is 10.8. The highest BCUT2D eigenvalue weighted by Gasteiger charge is 2.14. The Morgan fingerprint density at radius 1 is 1.15 bits per heavy atom. The van der Waals surface area contributed by atoms with Crippen LogP contribution in [0.5, 0.6) is 11.5 Å². The summed E-state index contributed by atoms with van der Waals surface area (Å²) in [6.45, 7) is 0.292. The number of nitrogens with one attached hydrogen (secondary N) is 1. The maximum Gasteiger partial charge on any atom is 0.387 e. The van der Waals surface area contributed by atoms with Gasteiger partial charge in [-0.05, 0) is 56.3 Å². The van der Waals surface area contributed by atoms with Crippen LogP contribution in [0.4, 0.5) is 14.5 Å². The third kappa shape index (κ3) is 6.66. The van der Waals surface area contributed by atoms with Crippen molar-refractivity contribution in [2.75, 3.05) is 11.9 Å². The van der Waals surface area contributed by atoms with Gasteiger partial charge < -0.3 is 24.1 Å². The quantitative estimate of drug-likeness (QED) is 0.434. The number of halogens is 3. The van der Waals surface area contributed by atoms with Crippen LogP contribution in [0.25, 0.3) is 0 Å². The minimum atomic E-state index is -3.02. The maximum absolute atomic E-state index is 12.3. The van der Waals surface area contributed by atoms with E-state index in [9.17, 15) is 18.4 Å². The molecule has 0 spiro atoms. The number of aryl methyl sites for hydroxylation is 2. The van der Waals surface area contributed by atoms with Crippen molar-refractivity contribution in [3.05, 3.63) is 70.1 Å². The summed E-state index contributed by atoms with van der Waals surface area (Å²) in [7, 11) is 0. The first-order valence-electron chi connectivity index (χ1n) is 9.59. The first-order valence-corrected chi connectivity index (χ1v) is 9.96. The van der Waals surface area contributed by atoms with Crippen LogP contribution in [0, 0.1) is 13.8 Å². The summed E-state index contributed by atoms with van der Waals surface area (Å²) in [4.78, 5) is 24.2. The summed E-state index contributed by atoms with van der Waals surface area (Å²) in [5, 5.41) is 6.19. The lowest BCUT2D eigenvalue weighted by Gasteiger charge is -2.10. The molecule has 3 aromatic rings. The van der Waals surface area contributed by atoms with Crippen molar-refractivity contribution in [3.8, 4) is 11.5 Å². The summed E-state index contributed by atoms with van der Waals surface area (Å²) in [6.07, 6.45) is 0. The predicted octanol–water partition coefficient (Wildman–Crippen LogP) is 4.92. The number of amides is 1. The van der Waals surface area contributed by atoms with Crippen molar-refractivity contribution in [1.29, 1.82) is 0 Å². The molecular weight excluding hydrogens is 462 g/mol. The number of carbonyl (C=O) groups excluding carboxylic acids is 2. The molecule has 8 nitrogen and oxygen atoms in total. The number of rotatable bonds is 9. The zero-order valence-corrected chi connectivity index (χ0v) is 18.3. The van der Waals surface area contributed by atoms with E-state index < -0.39 is 25.1 Å². The van der Waals surface area contributed by atoms with Gasteiger partial charge in [0.25, 0.3) is 5.91 Å². The van der Waals surface area contributed by atoms with Gasteiger partial charge in [-0.25, -0.2) is 4.79 Å². The molecule has 0 radical (unpaired) electrons. The van der Waals surface area contributed by atoms with Crippen molar-refractivity contribution in [1.82, 2.24) is 5.16 Å². The molecule has 3 rings (SSSR count). The van der Waals surface area contributed by atoms with Gasteiger partial charge in [0, 0.05) is 5.69 Å². The highest BCUT2D eigenvalue weighted by atomic mass is 35.5. The van der Waals surface area contributed by atoms with Gasteiger partial charge in [-0.15, -0.1) is 0 Å². The number of anilines is 1. The van der Waals surface area contributed by atoms with Crippen LogP contribution in [-0.4, -0.2) is 30.3 Å². The topological polar surface area (TPSA) is 99.9 Å². The SMILES string of the molecule is Cc1noc(C)c1COc1ccc(C(=O)OCC(=O)Nc2ccc(OC(F)F)c(Cl)c2)cc1. The molecule has 0 saturated carbocycles. The van der Waals surface area contributed by atoms with Crippen molar-refractivity contribution in [2.45, 2.75) is 27.1 Å². The van der Waals surface area contributed by atoms with E-state index in [1.807, 2.05) is 6.92 Å². The van der Waals surface area contributed by atoms with Crippen LogP contribution in [0.2, 0.25) is 5.02 Å². The van der Waals surface area contributed by atoms with Gasteiger partial charge >= 0.3 is 12.6 Å². The van der Waals surface area contributed by atoms with Crippen molar-refractivity contribution >= 4 is 29.2 Å². The highest BCUT2D eigenvalue weighted by Crippen LogP contribution is 2.29. The lowest BCUT2D eigenvalue weighted by Crippen LogP contribution is -2.21. The van der Waals surface area contributed by atoms with Gasteiger partial charge in [-0.1, -0.05) is 16.8 Å². The number of benzene rings is 2. The van der Waals surface area contributed by atoms with Crippen LogP contribution in [0.3, 0.4) is 0 Å². The molecule has 174 valence electrons. The van der Waals surface area contributed by atoms with Crippen molar-refractivity contribution in [3.63, 3.8) is 0 Å². The first kappa shape index (κ1) is 24.0. The molecule has 1 amide bonds. The lowest BCUT2D eigenvalue weighted by molar-refractivity contribution is -0.119. The van der Waals surface area contributed by atoms with Crippen LogP contribution < -0.4 is 14.8 Å². The van der Waals surface area contributed by atoms with Crippen molar-refractivity contribution < 1.29 is 37.1 Å². The van der Waals surface area contributed by atoms with Crippen LogP contribution in [-0.2, 0) is 16.1 Å². The minimum Gasteiger partial charge on any atom is -0.489 e. The van der Waals surface area contributed by atoms with Gasteiger partial charge in [0.05, 0.1) is 21.8 Å². The molecule has 0 unspecified atom stereocenters. The Morgan fingerprint density at radius 3 is 2.48 bits per heavy atom. The average Bonchev–Trinajstić information content (AvgIpc) is 3.10. The number of carbonyl (C=O) groups is 2. The van der Waals surface area contributed by atoms with E-state index in [1.54, 1.807) is 19.1 Å². The zero-order chi connectivity index (χ0) is 24.0. The standard InChI is InChI=1S/C22H19ClF2N2O6/c1-12-17(13(2)33-27-12)10-30-16-6-3-14(4-7-16)21(29)31-11-20(28)26-15-5-8-19(18(23)9-15)32-22(24)25/h3-9,22H,10-11H2,1-2H3,(H,26,28). The third-order valence-corrected chi connectivity index (χ3v) is 4.72. The van der Waals surface area contributed by atoms with Gasteiger partial charge in [0.15, 0.2) is 6.61 Å². The molecule has 1 aromatic heterocycles. The lowest BCUT2D eigenvalue weighted by atomic mass is 10.2. The summed E-state index contributed by atoms with van der Waals surface area (Å²) in [6, 6.07) is 9.95. The fraction of sp³-hybridized carbons (Fsp3) is 0.227. The van der Waals surface area contributed by atoms with E-state index in [-0.39, 0.29) is 28.6 Å². The van der Waals surface area contributed by atoms with E-state index in [1.165, 1.54) is 30.3 Å². The molecule has 0 atom stereocenters. The van der Waals surface area contributed by atoms with E-state index in [0.29, 0.717) is 11.5 Å². The van der Waals surface area contributed by atoms with Gasteiger partial charge in [0.2, 0.25) is 0 Å². The molecule has 0 aliphatic rings. The number of nitrogens with zero attached hydrogens (tertiary/aromatic N) is 1. The number of aromatic nitrogens is 1. The Balaban J connectivity index is 1.48. The van der Waals surface area contributed by atoms with Crippen LogP contribution >= 0.6 is 11.6 Å². The molecule has 1 N–H and O–H groups in total. The fourth-order valence-corrected chi connectivity index (χ4v) is 2.96. The number of alkyl halides is 2. The summed E-state index contributed by atoms with van der Waals surface area (Å²) in [5.41, 5.74) is 2.04. The Morgan fingerprint density at radius 2 is 1.88 bits per heavy atom. The van der Waals surface area contributed by atoms with E-state index in [2.05, 4.69) is 15.2 Å². The molecule has 1 heterocycles. The molecule has 11 heteroatoms. The zero-order valence-electron chi connectivity index (χ0n) is 17.6. The number of hydrogen-bond acceptors (Lipinski definition) is 7. The highest BCUT2D eigenvalue weighted by molar-refractivity contribution is 6.32. The van der Waals surface area contributed by atoms with Gasteiger partial charge in [0.1, 0.15) is 23.9 Å². The Bertz CT molecular complexity index is 1110. The molecule has 2 aromatic carbocycles. The van der Waals surface area contributed by atoms with E-state index in [0.717, 1.165) is 11.3 Å². The molecule has 33 heavy (non-hydrogen) atoms. The second-order valence-electron chi connectivity index (χ2n) is 6.76. The summed E-state index contributed by atoms with van der Waals surface area (Å²) in [5.74, 6) is -0.371. The third-order valence-electron chi connectivity index (χ3n) is 4.42. The normalized spacial score (nSPS) is 10.7. The monoisotopic (exact) mass is 480 g/mol. The maximum atomic E-state index is 12.3. The first-order chi connectivity index (χ1) is 15.7. The van der Waals surface area contributed by atoms with Crippen LogP contribution in [0.1, 0.15) is 27.4 Å². The molecule has 0 saturated heterocycles. The summed E-state index contributed by atoms with van der Waals surface area (Å²) < 4.78 is 44.5. The van der Waals surface area contributed by atoms with E-state index >= 15 is 0 Å². The van der Waals surface area contributed by atoms with Crippen molar-refractivity contribution in [2.24, 2.45) is 0 Å². The smallest absolute Gasteiger partial charge is 0.387 e. The average molecular weight is 481 g/mol. The van der Waals surface area contributed by atoms with Gasteiger partial charge in [-0.3, -0.25) is 4.79 Å². The second-order valence-corrected chi connectivity index (χ2v) is 7.17. The number of ether oxygens (including phenoxy) is 3. The predicted molar refractivity (Wildman–Crippen MR) is 114 cm³/mol. The largest absolute Gasteiger partial charge is 0.489 e. The fourth-order valence-electron chi connectivity index (χ4n) is 2.73. The molecular formula is C22H19ClF2N2O6. The van der Waals surface area contributed by atoms with E-state index in [4.69, 9.17) is 25.6 Å². The Hall–Kier alpha value is -3.66. The minimum absolute atomic E-state index is 0.109. The molecule has 0 fully saturated rings. The molecule has 0 aliphatic heterocycles. The number of esters is 1. The molecule has 0 aliphatic carbocycles. The Kier molecular flexibility index (Phi) is 7.83. The Labute approximate surface area is 192 Å². The van der Waals surface area contributed by atoms with Crippen LogP contribution in [0.15, 0.2) is 47.0 Å². The number of hydrogen-bond donors (Lipinski definition) is 1. The van der Waals surface area contributed by atoms with Gasteiger partial charge in [-0.2, -0.15) is 8.78 Å².